The van der Waals surface area contributed by atoms with Crippen LogP contribution in [0.25, 0.3) is 5.95 Å². The topological polar surface area (TPSA) is 137 Å². The highest BCUT2D eigenvalue weighted by molar-refractivity contribution is 7.99. The van der Waals surface area contributed by atoms with Crippen LogP contribution in [0.4, 0.5) is 11.9 Å². The molecule has 28 heavy (non-hydrogen) atoms. The first-order valence-corrected chi connectivity index (χ1v) is 9.92. The van der Waals surface area contributed by atoms with Gasteiger partial charge in [0.25, 0.3) is 5.95 Å². The molecule has 0 atom stereocenters. The average Bonchev–Trinajstić information content (AvgIpc) is 3.22. The largest absolute Gasteiger partial charge is 0.378 e. The first kappa shape index (κ1) is 18.8. The molecule has 0 aromatic carbocycles. The minimum Gasteiger partial charge on any atom is -0.378 e. The summed E-state index contributed by atoms with van der Waals surface area (Å²) in [6.45, 7) is 5.37. The molecule has 2 aromatic rings. The van der Waals surface area contributed by atoms with Gasteiger partial charge in [-0.1, -0.05) is 11.8 Å². The van der Waals surface area contributed by atoms with Gasteiger partial charge in [-0.25, -0.2) is 4.98 Å². The van der Waals surface area contributed by atoms with Gasteiger partial charge in [-0.15, -0.1) is 5.10 Å². The fourth-order valence-corrected chi connectivity index (χ4v) is 3.34. The van der Waals surface area contributed by atoms with Gasteiger partial charge in [0.05, 0.1) is 32.2 Å². The maximum atomic E-state index is 11.0. The van der Waals surface area contributed by atoms with Crippen molar-refractivity contribution >= 4 is 29.6 Å². The number of ether oxygens (including phenoxy) is 2. The molecule has 4 rings (SSSR count). The van der Waals surface area contributed by atoms with Crippen LogP contribution in [0.3, 0.4) is 0 Å². The number of morpholine rings is 2. The molecular formula is C15H21N9O3S. The number of primary amides is 1. The third kappa shape index (κ3) is 4.48. The second-order valence-corrected chi connectivity index (χ2v) is 7.10. The summed E-state index contributed by atoms with van der Waals surface area (Å²) in [4.78, 5) is 33.1. The van der Waals surface area contributed by atoms with Crippen molar-refractivity contribution in [2.45, 2.75) is 5.16 Å². The van der Waals surface area contributed by atoms with E-state index >= 15 is 0 Å². The maximum Gasteiger partial charge on any atom is 0.258 e. The molecule has 2 fully saturated rings. The zero-order chi connectivity index (χ0) is 19.3. The molecule has 0 bridgehead atoms. The summed E-state index contributed by atoms with van der Waals surface area (Å²) in [6.07, 6.45) is 1.52. The molecule has 2 saturated heterocycles. The molecule has 0 radical (unpaired) electrons. The number of carbonyl (C=O) groups excluding carboxylic acids is 1. The van der Waals surface area contributed by atoms with Crippen LogP contribution >= 0.6 is 11.8 Å². The van der Waals surface area contributed by atoms with Crippen LogP contribution in [0.15, 0.2) is 11.5 Å². The minimum atomic E-state index is -0.425. The molecular weight excluding hydrogens is 386 g/mol. The number of rotatable bonds is 6. The van der Waals surface area contributed by atoms with Gasteiger partial charge in [0.1, 0.15) is 6.33 Å². The predicted molar refractivity (Wildman–Crippen MR) is 101 cm³/mol. The van der Waals surface area contributed by atoms with Crippen LogP contribution in [-0.2, 0) is 14.3 Å². The third-order valence-corrected chi connectivity index (χ3v) is 5.08. The summed E-state index contributed by atoms with van der Waals surface area (Å²) in [5.41, 5.74) is 5.18. The molecule has 1 amide bonds. The van der Waals surface area contributed by atoms with Gasteiger partial charge in [-0.3, -0.25) is 4.79 Å². The van der Waals surface area contributed by atoms with Gasteiger partial charge in [0, 0.05) is 26.2 Å². The Balaban J connectivity index is 1.64. The first-order valence-electron chi connectivity index (χ1n) is 8.93. The summed E-state index contributed by atoms with van der Waals surface area (Å²) in [7, 11) is 0. The smallest absolute Gasteiger partial charge is 0.258 e. The maximum absolute atomic E-state index is 11.0. The lowest BCUT2D eigenvalue weighted by molar-refractivity contribution is -0.115. The van der Waals surface area contributed by atoms with Crippen molar-refractivity contribution < 1.29 is 14.3 Å². The van der Waals surface area contributed by atoms with Crippen LogP contribution in [-0.4, -0.2) is 94.0 Å². The van der Waals surface area contributed by atoms with E-state index in [1.807, 2.05) is 0 Å². The van der Waals surface area contributed by atoms with E-state index in [2.05, 4.69) is 34.8 Å². The molecule has 150 valence electrons. The van der Waals surface area contributed by atoms with Crippen molar-refractivity contribution in [2.24, 2.45) is 5.73 Å². The van der Waals surface area contributed by atoms with E-state index in [9.17, 15) is 4.79 Å². The number of thioether (sulfide) groups is 1. The van der Waals surface area contributed by atoms with Gasteiger partial charge in [-0.05, 0) is 0 Å². The number of aromatic nitrogens is 6. The molecule has 0 aliphatic carbocycles. The molecule has 2 aliphatic rings. The molecule has 0 saturated carbocycles. The molecule has 0 unspecified atom stereocenters. The van der Waals surface area contributed by atoms with Gasteiger partial charge in [0.15, 0.2) is 0 Å². The van der Waals surface area contributed by atoms with Crippen molar-refractivity contribution in [1.29, 1.82) is 0 Å². The monoisotopic (exact) mass is 407 g/mol. The summed E-state index contributed by atoms with van der Waals surface area (Å²) in [6, 6.07) is 0. The van der Waals surface area contributed by atoms with Crippen molar-refractivity contribution in [2.75, 3.05) is 68.2 Å². The van der Waals surface area contributed by atoms with Crippen molar-refractivity contribution in [3.8, 4) is 5.95 Å². The fraction of sp³-hybridized carbons (Fsp3) is 0.600. The van der Waals surface area contributed by atoms with E-state index in [1.165, 1.54) is 22.8 Å². The molecule has 2 aliphatic heterocycles. The van der Waals surface area contributed by atoms with Crippen LogP contribution in [0.1, 0.15) is 0 Å². The number of carbonyl (C=O) groups is 1. The number of nitrogens with zero attached hydrogens (tertiary/aromatic N) is 8. The predicted octanol–water partition coefficient (Wildman–Crippen LogP) is -1.30. The van der Waals surface area contributed by atoms with Crippen LogP contribution in [0.5, 0.6) is 0 Å². The van der Waals surface area contributed by atoms with Crippen molar-refractivity contribution in [3.63, 3.8) is 0 Å². The molecule has 0 spiro atoms. The van der Waals surface area contributed by atoms with Gasteiger partial charge in [0.2, 0.25) is 23.0 Å². The lowest BCUT2D eigenvalue weighted by atomic mass is 10.4. The Hall–Kier alpha value is -2.51. The van der Waals surface area contributed by atoms with Gasteiger partial charge < -0.3 is 25.0 Å². The van der Waals surface area contributed by atoms with E-state index in [1.54, 1.807) is 0 Å². The Morgan fingerprint density at radius 2 is 1.50 bits per heavy atom. The molecule has 12 nitrogen and oxygen atoms in total. The summed E-state index contributed by atoms with van der Waals surface area (Å²) in [5.74, 6) is 1.22. The minimum absolute atomic E-state index is 0.110. The van der Waals surface area contributed by atoms with E-state index < -0.39 is 5.91 Å². The van der Waals surface area contributed by atoms with Gasteiger partial charge in [-0.2, -0.15) is 19.6 Å². The van der Waals surface area contributed by atoms with E-state index in [-0.39, 0.29) is 5.75 Å². The Morgan fingerprint density at radius 1 is 0.964 bits per heavy atom. The first-order chi connectivity index (χ1) is 13.7. The van der Waals surface area contributed by atoms with Crippen LogP contribution in [0, 0.1) is 0 Å². The molecule has 2 aromatic heterocycles. The highest BCUT2D eigenvalue weighted by Crippen LogP contribution is 2.19. The third-order valence-electron chi connectivity index (χ3n) is 4.21. The van der Waals surface area contributed by atoms with E-state index in [4.69, 9.17) is 15.2 Å². The molecule has 2 N–H and O–H groups in total. The SMILES string of the molecule is NC(=O)CSc1ncn(-c2nc(N3CCOCC3)nc(N3CCOCC3)n2)n1. The van der Waals surface area contributed by atoms with E-state index in [0.29, 0.717) is 75.6 Å². The highest BCUT2D eigenvalue weighted by Gasteiger charge is 2.21. The molecule has 13 heteroatoms. The molecule has 4 heterocycles. The Morgan fingerprint density at radius 3 is 2.04 bits per heavy atom. The number of anilines is 2. The van der Waals surface area contributed by atoms with Crippen molar-refractivity contribution in [1.82, 2.24) is 29.7 Å². The second kappa shape index (κ2) is 8.67. The lowest BCUT2D eigenvalue weighted by Crippen LogP contribution is -2.40. The summed E-state index contributed by atoms with van der Waals surface area (Å²) < 4.78 is 12.3. The normalized spacial score (nSPS) is 17.7. The number of hydrogen-bond donors (Lipinski definition) is 1. The lowest BCUT2D eigenvalue weighted by Gasteiger charge is -2.30. The van der Waals surface area contributed by atoms with Crippen molar-refractivity contribution in [3.05, 3.63) is 6.33 Å². The summed E-state index contributed by atoms with van der Waals surface area (Å²) in [5, 5.41) is 4.78. The van der Waals surface area contributed by atoms with Crippen LogP contribution in [0.2, 0.25) is 0 Å². The van der Waals surface area contributed by atoms with Gasteiger partial charge >= 0.3 is 0 Å². The number of nitrogens with two attached hydrogens (primary N) is 1. The average molecular weight is 407 g/mol. The Kier molecular flexibility index (Phi) is 5.83. The van der Waals surface area contributed by atoms with E-state index in [0.717, 1.165) is 0 Å². The Labute approximate surface area is 165 Å². The fourth-order valence-electron chi connectivity index (χ4n) is 2.80. The zero-order valence-electron chi connectivity index (χ0n) is 15.2. The highest BCUT2D eigenvalue weighted by atomic mass is 32.2. The number of amides is 1. The standard InChI is InChI=1S/C15H21N9O3S/c16-11(25)9-28-15-17-10-24(21-15)14-19-12(22-1-5-26-6-2-22)18-13(20-14)23-3-7-27-8-4-23/h10H,1-9H2,(H2,16,25). The quantitative estimate of drug-likeness (QED) is 0.572. The number of hydrogen-bond acceptors (Lipinski definition) is 11. The Bertz CT molecular complexity index is 785. The summed E-state index contributed by atoms with van der Waals surface area (Å²) >= 11 is 1.17. The second-order valence-electron chi connectivity index (χ2n) is 6.16. The zero-order valence-corrected chi connectivity index (χ0v) is 16.0. The van der Waals surface area contributed by atoms with Crippen LogP contribution < -0.4 is 15.5 Å².